The molecule has 0 radical (unpaired) electrons. The van der Waals surface area contributed by atoms with Crippen LogP contribution in [-0.4, -0.2) is 5.78 Å². The smallest absolute Gasteiger partial charge is 0.347 e. The second-order valence-corrected chi connectivity index (χ2v) is 6.29. The van der Waals surface area contributed by atoms with E-state index in [1.165, 1.54) is 13.0 Å². The lowest BCUT2D eigenvalue weighted by molar-refractivity contribution is 0.101. The van der Waals surface area contributed by atoms with Gasteiger partial charge in [-0.15, -0.1) is 0 Å². The van der Waals surface area contributed by atoms with Gasteiger partial charge in [0.1, 0.15) is 16.7 Å². The van der Waals surface area contributed by atoms with E-state index in [2.05, 4.69) is 0 Å². The second-order valence-electron chi connectivity index (χ2n) is 5.86. The van der Waals surface area contributed by atoms with Crippen LogP contribution in [0.2, 0.25) is 5.02 Å². The van der Waals surface area contributed by atoms with Crippen LogP contribution in [0.3, 0.4) is 0 Å². The fraction of sp³-hybridized carbons (Fsp3) is 0.0500. The Morgan fingerprint density at radius 1 is 0.885 bits per heavy atom. The van der Waals surface area contributed by atoms with Gasteiger partial charge >= 0.3 is 11.3 Å². The average molecular weight is 367 g/mol. The first-order chi connectivity index (χ1) is 12.4. The van der Waals surface area contributed by atoms with Gasteiger partial charge in [-0.25, -0.2) is 9.59 Å². The molecule has 0 aliphatic heterocycles. The number of halogens is 1. The van der Waals surface area contributed by atoms with Crippen LogP contribution >= 0.6 is 11.6 Å². The van der Waals surface area contributed by atoms with E-state index in [0.717, 1.165) is 0 Å². The lowest BCUT2D eigenvalue weighted by Gasteiger charge is -2.06. The number of hydrogen-bond donors (Lipinski definition) is 0. The molecule has 0 spiro atoms. The van der Waals surface area contributed by atoms with Crippen molar-refractivity contribution in [2.45, 2.75) is 6.92 Å². The van der Waals surface area contributed by atoms with Gasteiger partial charge in [0.05, 0.1) is 5.56 Å². The first kappa shape index (κ1) is 16.3. The molecule has 0 saturated heterocycles. The summed E-state index contributed by atoms with van der Waals surface area (Å²) in [7, 11) is 0. The molecule has 0 N–H and O–H groups in total. The zero-order valence-electron chi connectivity index (χ0n) is 13.5. The van der Waals surface area contributed by atoms with Crippen molar-refractivity contribution in [3.05, 3.63) is 80.0 Å². The first-order valence-corrected chi connectivity index (χ1v) is 8.13. The number of hydrogen-bond acceptors (Lipinski definition) is 5. The van der Waals surface area contributed by atoms with Crippen LogP contribution in [0.5, 0.6) is 0 Å². The predicted molar refractivity (Wildman–Crippen MR) is 99.0 cm³/mol. The Morgan fingerprint density at radius 2 is 1.69 bits per heavy atom. The van der Waals surface area contributed by atoms with Crippen LogP contribution in [0.1, 0.15) is 17.3 Å². The van der Waals surface area contributed by atoms with Crippen molar-refractivity contribution in [3.8, 4) is 11.1 Å². The fourth-order valence-corrected chi connectivity index (χ4v) is 3.06. The van der Waals surface area contributed by atoms with Crippen LogP contribution in [0.15, 0.2) is 67.0 Å². The zero-order chi connectivity index (χ0) is 18.4. The number of rotatable bonds is 2. The molecule has 0 atom stereocenters. The Bertz CT molecular complexity index is 1310. The summed E-state index contributed by atoms with van der Waals surface area (Å²) < 4.78 is 10.7. The van der Waals surface area contributed by atoms with Gasteiger partial charge in [0.25, 0.3) is 0 Å². The molecule has 0 saturated carbocycles. The predicted octanol–water partition coefficient (Wildman–Crippen LogP) is 4.42. The van der Waals surface area contributed by atoms with Crippen LogP contribution < -0.4 is 11.3 Å². The quantitative estimate of drug-likeness (QED) is 0.387. The van der Waals surface area contributed by atoms with Gasteiger partial charge < -0.3 is 8.83 Å². The highest BCUT2D eigenvalue weighted by Gasteiger charge is 2.16. The SMILES string of the molecule is CC(=O)c1cc2cccc(-c3cc4cc(Cl)ccc4oc3=O)c2oc1=O. The van der Waals surface area contributed by atoms with Gasteiger partial charge in [0, 0.05) is 21.4 Å². The van der Waals surface area contributed by atoms with Gasteiger partial charge in [-0.3, -0.25) is 4.79 Å². The maximum absolute atomic E-state index is 12.4. The fourth-order valence-electron chi connectivity index (χ4n) is 2.88. The molecule has 26 heavy (non-hydrogen) atoms. The largest absolute Gasteiger partial charge is 0.422 e. The highest BCUT2D eigenvalue weighted by atomic mass is 35.5. The number of Topliss-reactive ketones (excluding diaryl/α,β-unsaturated/α-hetero) is 1. The topological polar surface area (TPSA) is 77.5 Å². The van der Waals surface area contributed by atoms with Gasteiger partial charge in [0.15, 0.2) is 5.78 Å². The molecule has 2 aromatic heterocycles. The minimum atomic E-state index is -0.745. The molecular formula is C20H11ClO5. The lowest BCUT2D eigenvalue weighted by atomic mass is 10.0. The van der Waals surface area contributed by atoms with Gasteiger partial charge in [-0.05, 0) is 37.3 Å². The Kier molecular flexibility index (Phi) is 3.74. The van der Waals surface area contributed by atoms with Crippen molar-refractivity contribution < 1.29 is 13.6 Å². The molecule has 0 aliphatic rings. The van der Waals surface area contributed by atoms with E-state index < -0.39 is 11.3 Å². The van der Waals surface area contributed by atoms with Crippen molar-refractivity contribution >= 4 is 39.3 Å². The minimum absolute atomic E-state index is 0.0352. The molecule has 0 bridgehead atoms. The van der Waals surface area contributed by atoms with Gasteiger partial charge in [-0.1, -0.05) is 29.8 Å². The molecular weight excluding hydrogens is 356 g/mol. The summed E-state index contributed by atoms with van der Waals surface area (Å²) in [6, 6.07) is 13.1. The summed E-state index contributed by atoms with van der Waals surface area (Å²) in [6.07, 6.45) is 0. The summed E-state index contributed by atoms with van der Waals surface area (Å²) >= 11 is 6.01. The maximum atomic E-state index is 12.4. The zero-order valence-corrected chi connectivity index (χ0v) is 14.3. The minimum Gasteiger partial charge on any atom is -0.422 e. The third-order valence-electron chi connectivity index (χ3n) is 4.12. The first-order valence-electron chi connectivity index (χ1n) is 7.75. The molecule has 4 aromatic rings. The van der Waals surface area contributed by atoms with Crippen molar-refractivity contribution in [1.82, 2.24) is 0 Å². The summed E-state index contributed by atoms with van der Waals surface area (Å²) in [5.74, 6) is -0.383. The Hall–Kier alpha value is -3.18. The van der Waals surface area contributed by atoms with Crippen molar-refractivity contribution in [1.29, 1.82) is 0 Å². The number of carbonyl (C=O) groups excluding carboxylic acids is 1. The van der Waals surface area contributed by atoms with Gasteiger partial charge in [0.2, 0.25) is 0 Å². The van der Waals surface area contributed by atoms with Crippen LogP contribution in [0, 0.1) is 0 Å². The molecule has 2 heterocycles. The van der Waals surface area contributed by atoms with E-state index >= 15 is 0 Å². The van der Waals surface area contributed by atoms with E-state index in [0.29, 0.717) is 26.9 Å². The molecule has 5 nitrogen and oxygen atoms in total. The van der Waals surface area contributed by atoms with E-state index in [1.54, 1.807) is 42.5 Å². The lowest BCUT2D eigenvalue weighted by Crippen LogP contribution is -2.11. The number of para-hydroxylation sites is 1. The molecule has 0 unspecified atom stereocenters. The van der Waals surface area contributed by atoms with Crippen molar-refractivity contribution in [2.75, 3.05) is 0 Å². The molecule has 128 valence electrons. The molecule has 4 rings (SSSR count). The molecule has 0 fully saturated rings. The van der Waals surface area contributed by atoms with Crippen LogP contribution in [0.4, 0.5) is 0 Å². The number of benzene rings is 2. The Balaban J connectivity index is 2.06. The molecule has 6 heteroatoms. The average Bonchev–Trinajstić information content (AvgIpc) is 2.60. The molecule has 0 amide bonds. The highest BCUT2D eigenvalue weighted by molar-refractivity contribution is 6.31. The summed E-state index contributed by atoms with van der Waals surface area (Å²) in [4.78, 5) is 36.1. The standard InChI is InChI=1S/C20H11ClO5/c1-10(22)15-8-11-3-2-4-14(18(11)26-19(15)23)16-9-12-7-13(21)5-6-17(12)25-20(16)24/h2-9H,1H3. The normalized spacial score (nSPS) is 11.2. The van der Waals surface area contributed by atoms with E-state index in [1.807, 2.05) is 0 Å². The van der Waals surface area contributed by atoms with E-state index in [-0.39, 0.29) is 22.5 Å². The molecule has 0 aliphatic carbocycles. The maximum Gasteiger partial charge on any atom is 0.347 e. The monoisotopic (exact) mass is 366 g/mol. The van der Waals surface area contributed by atoms with Crippen LogP contribution in [0.25, 0.3) is 33.1 Å². The van der Waals surface area contributed by atoms with E-state index in [9.17, 15) is 14.4 Å². The van der Waals surface area contributed by atoms with Crippen molar-refractivity contribution in [3.63, 3.8) is 0 Å². The summed E-state index contributed by atoms with van der Waals surface area (Å²) in [5, 5.41) is 1.69. The van der Waals surface area contributed by atoms with E-state index in [4.69, 9.17) is 20.4 Å². The number of fused-ring (bicyclic) bond motifs is 2. The summed E-state index contributed by atoms with van der Waals surface area (Å²) in [6.45, 7) is 1.30. The number of ketones is 1. The highest BCUT2D eigenvalue weighted by Crippen LogP contribution is 2.29. The second kappa shape index (κ2) is 5.97. The third kappa shape index (κ3) is 2.62. The van der Waals surface area contributed by atoms with Crippen LogP contribution in [-0.2, 0) is 0 Å². The third-order valence-corrected chi connectivity index (χ3v) is 4.36. The Labute approximate surface area is 151 Å². The van der Waals surface area contributed by atoms with Gasteiger partial charge in [-0.2, -0.15) is 0 Å². The summed E-state index contributed by atoms with van der Waals surface area (Å²) in [5.41, 5.74) is -0.0717. The number of carbonyl (C=O) groups is 1. The van der Waals surface area contributed by atoms with Crippen molar-refractivity contribution in [2.24, 2.45) is 0 Å². The molecule has 2 aromatic carbocycles. The Morgan fingerprint density at radius 3 is 2.46 bits per heavy atom.